The molecule has 0 radical (unpaired) electrons. The van der Waals surface area contributed by atoms with Crippen LogP contribution in [0.25, 0.3) is 11.1 Å². The second-order valence-corrected chi connectivity index (χ2v) is 7.47. The van der Waals surface area contributed by atoms with Gasteiger partial charge in [-0.15, -0.1) is 0 Å². The Kier molecular flexibility index (Phi) is 6.03. The van der Waals surface area contributed by atoms with Gasteiger partial charge in [0.15, 0.2) is 23.9 Å². The average molecular weight is 426 g/mol. The van der Waals surface area contributed by atoms with Gasteiger partial charge in [-0.2, -0.15) is 9.13 Å². The van der Waals surface area contributed by atoms with Gasteiger partial charge < -0.3 is 10.2 Å². The summed E-state index contributed by atoms with van der Waals surface area (Å²) in [6.45, 7) is 0.281. The SMILES string of the molecule is O=C(C[n+]1cccc(O)c1)c1ccc(-c2ccc(C(=O)C[n+]3cccc(O)c3)cc2)cc1. The summed E-state index contributed by atoms with van der Waals surface area (Å²) in [7, 11) is 0. The maximum absolute atomic E-state index is 12.5. The van der Waals surface area contributed by atoms with Crippen LogP contribution in [0.5, 0.6) is 11.5 Å². The van der Waals surface area contributed by atoms with Crippen LogP contribution >= 0.6 is 0 Å². The minimum atomic E-state index is -0.0578. The van der Waals surface area contributed by atoms with E-state index in [1.165, 1.54) is 12.4 Å². The molecule has 2 N–H and O–H groups in total. The van der Waals surface area contributed by atoms with Crippen molar-refractivity contribution in [3.63, 3.8) is 0 Å². The molecular formula is C26H22N2O4+2. The van der Waals surface area contributed by atoms with Gasteiger partial charge in [0, 0.05) is 23.3 Å². The smallest absolute Gasteiger partial charge is 0.227 e. The number of Topliss-reactive ketones (excluding diaryl/α,β-unsaturated/α-hetero) is 2. The van der Waals surface area contributed by atoms with Crippen LogP contribution < -0.4 is 9.13 Å². The number of hydrogen-bond acceptors (Lipinski definition) is 4. The molecule has 2 aromatic carbocycles. The third kappa shape index (κ3) is 5.05. The number of ketones is 2. The van der Waals surface area contributed by atoms with E-state index in [1.807, 2.05) is 24.3 Å². The van der Waals surface area contributed by atoms with Gasteiger partial charge >= 0.3 is 0 Å². The van der Waals surface area contributed by atoms with Gasteiger partial charge in [-0.3, -0.25) is 9.59 Å². The monoisotopic (exact) mass is 426 g/mol. The van der Waals surface area contributed by atoms with Crippen molar-refractivity contribution in [2.24, 2.45) is 0 Å². The summed E-state index contributed by atoms with van der Waals surface area (Å²) in [6.07, 6.45) is 6.48. The number of aromatic nitrogens is 2. The van der Waals surface area contributed by atoms with Gasteiger partial charge in [0.1, 0.15) is 0 Å². The summed E-state index contributed by atoms with van der Waals surface area (Å²) in [5.41, 5.74) is 3.04. The van der Waals surface area contributed by atoms with E-state index in [0.29, 0.717) is 11.1 Å². The van der Waals surface area contributed by atoms with Crippen LogP contribution in [-0.4, -0.2) is 21.8 Å². The van der Waals surface area contributed by atoms with E-state index in [2.05, 4.69) is 0 Å². The van der Waals surface area contributed by atoms with Crippen molar-refractivity contribution >= 4 is 11.6 Å². The number of nitrogens with zero attached hydrogens (tertiary/aromatic N) is 2. The van der Waals surface area contributed by atoms with E-state index in [1.54, 1.807) is 70.1 Å². The number of benzene rings is 2. The van der Waals surface area contributed by atoms with Crippen molar-refractivity contribution in [3.05, 3.63) is 109 Å². The number of pyridine rings is 2. The Morgan fingerprint density at radius 2 is 0.969 bits per heavy atom. The minimum absolute atomic E-state index is 0.0578. The van der Waals surface area contributed by atoms with E-state index in [9.17, 15) is 19.8 Å². The lowest BCUT2D eigenvalue weighted by Crippen LogP contribution is -2.36. The van der Waals surface area contributed by atoms with Crippen molar-refractivity contribution in [1.29, 1.82) is 0 Å². The Bertz CT molecular complexity index is 1160. The van der Waals surface area contributed by atoms with Gasteiger partial charge in [-0.05, 0) is 23.3 Å². The summed E-state index contributed by atoms with van der Waals surface area (Å²) < 4.78 is 3.27. The molecule has 4 rings (SSSR count). The molecule has 0 atom stereocenters. The molecule has 0 saturated carbocycles. The summed E-state index contributed by atoms with van der Waals surface area (Å²) >= 11 is 0. The van der Waals surface area contributed by atoms with E-state index < -0.39 is 0 Å². The molecule has 6 heteroatoms. The molecule has 0 bridgehead atoms. The largest absolute Gasteiger partial charge is 0.503 e. The fraction of sp³-hybridized carbons (Fsp3) is 0.0769. The highest BCUT2D eigenvalue weighted by atomic mass is 16.3. The number of hydrogen-bond donors (Lipinski definition) is 2. The zero-order chi connectivity index (χ0) is 22.5. The summed E-state index contributed by atoms with van der Waals surface area (Å²) in [5.74, 6) is 0.103. The third-order valence-electron chi connectivity index (χ3n) is 5.08. The van der Waals surface area contributed by atoms with E-state index >= 15 is 0 Å². The molecule has 0 saturated heterocycles. The van der Waals surface area contributed by atoms with Gasteiger partial charge in [-0.25, -0.2) is 0 Å². The molecule has 2 aromatic heterocycles. The Morgan fingerprint density at radius 1 is 0.594 bits per heavy atom. The highest BCUT2D eigenvalue weighted by Gasteiger charge is 2.14. The Labute approximate surface area is 185 Å². The number of carbonyl (C=O) groups is 2. The first-order valence-corrected chi connectivity index (χ1v) is 10.1. The lowest BCUT2D eigenvalue weighted by molar-refractivity contribution is -0.683. The van der Waals surface area contributed by atoms with Crippen LogP contribution in [0.15, 0.2) is 97.6 Å². The maximum Gasteiger partial charge on any atom is 0.227 e. The Morgan fingerprint density at radius 3 is 1.31 bits per heavy atom. The summed E-state index contributed by atoms with van der Waals surface area (Å²) in [5, 5.41) is 19.1. The molecule has 6 nitrogen and oxygen atoms in total. The molecule has 0 unspecified atom stereocenters. The first kappa shape index (κ1) is 20.9. The molecule has 0 fully saturated rings. The fourth-order valence-corrected chi connectivity index (χ4v) is 3.42. The standard InChI is InChI=1S/C26H20N2O4/c29-23-3-1-13-27(15-23)17-25(31)21-9-5-19(6-10-21)20-7-11-22(12-8-20)26(32)18-28-14-2-4-24(30)16-28/h1-16H,17-18H2/p+2. The first-order valence-electron chi connectivity index (χ1n) is 10.1. The predicted molar refractivity (Wildman–Crippen MR) is 117 cm³/mol. The zero-order valence-electron chi connectivity index (χ0n) is 17.3. The highest BCUT2D eigenvalue weighted by molar-refractivity contribution is 5.96. The molecule has 32 heavy (non-hydrogen) atoms. The lowest BCUT2D eigenvalue weighted by Gasteiger charge is -2.05. The van der Waals surface area contributed by atoms with Crippen molar-refractivity contribution in [1.82, 2.24) is 0 Å². The quantitative estimate of drug-likeness (QED) is 0.351. The van der Waals surface area contributed by atoms with Crippen molar-refractivity contribution in [2.75, 3.05) is 0 Å². The normalized spacial score (nSPS) is 10.6. The zero-order valence-corrected chi connectivity index (χ0v) is 17.3. The molecule has 2 heterocycles. The molecule has 158 valence electrons. The molecule has 0 amide bonds. The third-order valence-corrected chi connectivity index (χ3v) is 5.08. The van der Waals surface area contributed by atoms with Gasteiger partial charge in [0.05, 0.1) is 0 Å². The predicted octanol–water partition coefficient (Wildman–Crippen LogP) is 3.11. The molecule has 0 aliphatic carbocycles. The van der Waals surface area contributed by atoms with Crippen LogP contribution in [0.1, 0.15) is 20.7 Å². The summed E-state index contributed by atoms with van der Waals surface area (Å²) in [6, 6.07) is 21.1. The van der Waals surface area contributed by atoms with Crippen LogP contribution in [-0.2, 0) is 13.1 Å². The van der Waals surface area contributed by atoms with Crippen molar-refractivity contribution < 1.29 is 28.9 Å². The number of aromatic hydroxyl groups is 2. The Balaban J connectivity index is 1.42. The van der Waals surface area contributed by atoms with Crippen LogP contribution in [0.4, 0.5) is 0 Å². The molecule has 4 aromatic rings. The molecule has 0 aliphatic rings. The average Bonchev–Trinajstić information content (AvgIpc) is 2.79. The van der Waals surface area contributed by atoms with E-state index in [4.69, 9.17) is 0 Å². The van der Waals surface area contributed by atoms with E-state index in [0.717, 1.165) is 11.1 Å². The second-order valence-electron chi connectivity index (χ2n) is 7.47. The van der Waals surface area contributed by atoms with Crippen LogP contribution in [0.2, 0.25) is 0 Å². The number of carbonyl (C=O) groups excluding carboxylic acids is 2. The Hall–Kier alpha value is -4.32. The molecule has 0 aliphatic heterocycles. The second kappa shape index (κ2) is 9.22. The van der Waals surface area contributed by atoms with Crippen LogP contribution in [0.3, 0.4) is 0 Å². The van der Waals surface area contributed by atoms with E-state index in [-0.39, 0.29) is 36.2 Å². The van der Waals surface area contributed by atoms with Gasteiger partial charge in [0.25, 0.3) is 0 Å². The summed E-state index contributed by atoms with van der Waals surface area (Å²) in [4.78, 5) is 25.0. The molecular weight excluding hydrogens is 404 g/mol. The maximum atomic E-state index is 12.5. The van der Waals surface area contributed by atoms with Gasteiger partial charge in [0.2, 0.25) is 37.0 Å². The van der Waals surface area contributed by atoms with Gasteiger partial charge in [-0.1, -0.05) is 48.5 Å². The highest BCUT2D eigenvalue weighted by Crippen LogP contribution is 2.21. The fourth-order valence-electron chi connectivity index (χ4n) is 3.42. The lowest BCUT2D eigenvalue weighted by atomic mass is 10.00. The van der Waals surface area contributed by atoms with Crippen molar-refractivity contribution in [2.45, 2.75) is 13.1 Å². The minimum Gasteiger partial charge on any atom is -0.503 e. The van der Waals surface area contributed by atoms with Crippen LogP contribution in [0, 0.1) is 0 Å². The number of rotatable bonds is 7. The first-order chi connectivity index (χ1) is 15.5. The molecule has 0 spiro atoms. The topological polar surface area (TPSA) is 82.4 Å². The van der Waals surface area contributed by atoms with Crippen molar-refractivity contribution in [3.8, 4) is 22.6 Å².